The lowest BCUT2D eigenvalue weighted by Crippen LogP contribution is -2.71. The van der Waals surface area contributed by atoms with Crippen LogP contribution in [0.3, 0.4) is 0 Å². The first-order valence-electron chi connectivity index (χ1n) is 18.8. The molecule has 0 aromatic heterocycles. The molecule has 0 aromatic carbocycles. The monoisotopic (exact) mass is 683 g/mol. The summed E-state index contributed by atoms with van der Waals surface area (Å²) in [6.45, 7) is 13.7. The lowest BCUT2D eigenvalue weighted by atomic mass is 9.55. The van der Waals surface area contributed by atoms with Gasteiger partial charge in [-0.3, -0.25) is 0 Å². The second-order valence-electron chi connectivity index (χ2n) is 17.6. The molecule has 0 amide bonds. The molecule has 2 spiro atoms. The van der Waals surface area contributed by atoms with E-state index in [9.17, 15) is 4.89 Å². The van der Waals surface area contributed by atoms with Gasteiger partial charge in [0.1, 0.15) is 28.5 Å². The molecule has 4 saturated carbocycles. The van der Waals surface area contributed by atoms with E-state index in [1.807, 2.05) is 0 Å². The molecule has 1 N–H and O–H groups in total. The standard InChI is InChI=1S/C36H60O10P/c1-20-9-11-26-22(3)28(40-30-18-33(5)15-13-24(20)35(26,30)45-43-33)17-29(42-47(37,38-7)39-8)32-23(4)27-12-10-21(2)25-14-16-34(6)19-31(41-32)36(25,27)46-44-34/h20-32,37H,9-19H2,1-8H3/q+1/t20-,21-,22-,23-,24+,25+,26+,27+,28-,29+,30-,31-,32?,33+,34+,35-,36-/m1/s1. The highest BCUT2D eigenvalue weighted by molar-refractivity contribution is 7.55. The van der Waals surface area contributed by atoms with Gasteiger partial charge in [0.25, 0.3) is 0 Å². The molecule has 4 bridgehead atoms. The highest BCUT2D eigenvalue weighted by Crippen LogP contribution is 2.65. The zero-order valence-electron chi connectivity index (χ0n) is 29.9. The van der Waals surface area contributed by atoms with Crippen LogP contribution >= 0.6 is 8.17 Å². The predicted octanol–water partition coefficient (Wildman–Crippen LogP) is 7.14. The van der Waals surface area contributed by atoms with Crippen molar-refractivity contribution >= 4 is 8.17 Å². The van der Waals surface area contributed by atoms with Gasteiger partial charge in [-0.05, 0) is 113 Å². The first kappa shape index (κ1) is 34.1. The van der Waals surface area contributed by atoms with Gasteiger partial charge in [0.2, 0.25) is 0 Å². The molecular weight excluding hydrogens is 623 g/mol. The lowest BCUT2D eigenvalue weighted by Gasteiger charge is -2.62. The maximum Gasteiger partial charge on any atom is 0.572 e. The number of rotatable bonds is 7. The van der Waals surface area contributed by atoms with Crippen molar-refractivity contribution in [3.05, 3.63) is 0 Å². The van der Waals surface area contributed by atoms with Gasteiger partial charge in [0, 0.05) is 19.3 Å². The minimum absolute atomic E-state index is 0.0569. The Bertz CT molecular complexity index is 1190. The molecule has 17 atom stereocenters. The molecule has 6 aliphatic heterocycles. The third kappa shape index (κ3) is 5.04. The molecule has 11 heteroatoms. The first-order valence-corrected chi connectivity index (χ1v) is 20.3. The number of ether oxygens (including phenoxy) is 2. The van der Waals surface area contributed by atoms with Gasteiger partial charge >= 0.3 is 8.17 Å². The summed E-state index contributed by atoms with van der Waals surface area (Å²) in [7, 11) is -0.703. The minimum Gasteiger partial charge on any atom is -0.371 e. The molecule has 6 heterocycles. The molecule has 268 valence electrons. The normalized spacial score (nSPS) is 55.9. The van der Waals surface area contributed by atoms with Crippen LogP contribution in [0.4, 0.5) is 0 Å². The third-order valence-corrected chi connectivity index (χ3v) is 16.6. The van der Waals surface area contributed by atoms with Crippen LogP contribution in [0.2, 0.25) is 0 Å². The molecule has 47 heavy (non-hydrogen) atoms. The largest absolute Gasteiger partial charge is 0.572 e. The average molecular weight is 684 g/mol. The fourth-order valence-electron chi connectivity index (χ4n) is 12.5. The maximum absolute atomic E-state index is 11.4. The van der Waals surface area contributed by atoms with Crippen LogP contribution in [-0.2, 0) is 42.6 Å². The van der Waals surface area contributed by atoms with Crippen molar-refractivity contribution in [2.24, 2.45) is 47.3 Å². The maximum atomic E-state index is 11.4. The summed E-state index contributed by atoms with van der Waals surface area (Å²) < 4.78 is 32.2. The van der Waals surface area contributed by atoms with E-state index < -0.39 is 25.5 Å². The molecule has 10 rings (SSSR count). The third-order valence-electron chi connectivity index (χ3n) is 15.1. The Balaban J connectivity index is 1.13. The number of hydrogen-bond acceptors (Lipinski definition) is 10. The zero-order chi connectivity index (χ0) is 33.1. The van der Waals surface area contributed by atoms with E-state index in [1.54, 1.807) is 0 Å². The van der Waals surface area contributed by atoms with Crippen molar-refractivity contribution in [3.8, 4) is 0 Å². The molecule has 6 saturated heterocycles. The van der Waals surface area contributed by atoms with E-state index in [-0.39, 0.29) is 53.4 Å². The summed E-state index contributed by atoms with van der Waals surface area (Å²) in [5, 5.41) is 0. The summed E-state index contributed by atoms with van der Waals surface area (Å²) in [6.07, 6.45) is 9.71. The molecular formula is C36H60O10P+. The lowest BCUT2D eigenvalue weighted by molar-refractivity contribution is -0.490. The van der Waals surface area contributed by atoms with Gasteiger partial charge in [0.05, 0.1) is 38.6 Å². The summed E-state index contributed by atoms with van der Waals surface area (Å²) in [6, 6.07) is 0. The van der Waals surface area contributed by atoms with Gasteiger partial charge in [0.15, 0.2) is 0 Å². The van der Waals surface area contributed by atoms with Gasteiger partial charge in [-0.15, -0.1) is 4.52 Å². The topological polar surface area (TPSA) is 103 Å². The van der Waals surface area contributed by atoms with Crippen molar-refractivity contribution in [1.82, 2.24) is 0 Å². The van der Waals surface area contributed by atoms with Gasteiger partial charge < -0.3 is 9.47 Å². The van der Waals surface area contributed by atoms with Crippen LogP contribution in [0, 0.1) is 47.3 Å². The SMILES string of the molecule is CO[P+](O)(OC)O[C@@H](C[C@H]1O[C@@H]2C[C@]3(C)CC[C@H]4[C@H](C)CC[C@@H]([C@H]1C)[C@@]24OO3)C1O[C@@H]2C[C@]3(C)CC[C@H]4[C@H](C)CC[C@@H]([C@H]1C)[C@@]24OO3. The second-order valence-corrected chi connectivity index (χ2v) is 19.5. The summed E-state index contributed by atoms with van der Waals surface area (Å²) in [5.74, 6) is 2.76. The van der Waals surface area contributed by atoms with E-state index in [0.29, 0.717) is 36.0 Å². The molecule has 4 aliphatic carbocycles. The highest BCUT2D eigenvalue weighted by Gasteiger charge is 2.71. The van der Waals surface area contributed by atoms with Crippen molar-refractivity contribution in [3.63, 3.8) is 0 Å². The van der Waals surface area contributed by atoms with Gasteiger partial charge in [-0.25, -0.2) is 19.6 Å². The van der Waals surface area contributed by atoms with Crippen LogP contribution in [0.1, 0.15) is 112 Å². The molecule has 10 fully saturated rings. The van der Waals surface area contributed by atoms with E-state index in [1.165, 1.54) is 20.6 Å². The summed E-state index contributed by atoms with van der Waals surface area (Å²) in [4.78, 5) is 37.1. The molecule has 1 unspecified atom stereocenters. The molecule has 0 aromatic rings. The van der Waals surface area contributed by atoms with E-state index in [4.69, 9.17) is 42.6 Å². The number of hydrogen-bond donors (Lipinski definition) is 1. The fourth-order valence-corrected chi connectivity index (χ4v) is 13.4. The molecule has 10 nitrogen and oxygen atoms in total. The second kappa shape index (κ2) is 11.8. The van der Waals surface area contributed by atoms with Crippen LogP contribution in [-0.4, -0.2) is 72.0 Å². The van der Waals surface area contributed by atoms with E-state index in [2.05, 4.69) is 41.5 Å². The summed E-state index contributed by atoms with van der Waals surface area (Å²) in [5.41, 5.74) is -1.62. The smallest absolute Gasteiger partial charge is 0.371 e. The summed E-state index contributed by atoms with van der Waals surface area (Å²) >= 11 is 0. The Morgan fingerprint density at radius 1 is 0.681 bits per heavy atom. The van der Waals surface area contributed by atoms with Crippen LogP contribution in [0.25, 0.3) is 0 Å². The first-order chi connectivity index (χ1) is 22.3. The van der Waals surface area contributed by atoms with Crippen molar-refractivity contribution in [1.29, 1.82) is 0 Å². The van der Waals surface area contributed by atoms with Crippen LogP contribution < -0.4 is 0 Å². The Morgan fingerprint density at radius 3 is 1.72 bits per heavy atom. The van der Waals surface area contributed by atoms with Crippen LogP contribution in [0.15, 0.2) is 0 Å². The van der Waals surface area contributed by atoms with Crippen molar-refractivity contribution in [2.75, 3.05) is 14.2 Å². The Morgan fingerprint density at radius 2 is 1.19 bits per heavy atom. The highest BCUT2D eigenvalue weighted by atomic mass is 31.2. The number of fused-ring (bicyclic) bond motifs is 4. The Kier molecular flexibility index (Phi) is 8.55. The zero-order valence-corrected chi connectivity index (χ0v) is 30.7. The van der Waals surface area contributed by atoms with Gasteiger partial charge in [-0.2, -0.15) is 13.9 Å². The quantitative estimate of drug-likeness (QED) is 0.220. The fraction of sp³-hybridized carbons (Fsp3) is 1.00. The minimum atomic E-state index is -3.60. The Hall–Kier alpha value is 0.0300. The molecule has 0 radical (unpaired) electrons. The predicted molar refractivity (Wildman–Crippen MR) is 173 cm³/mol. The van der Waals surface area contributed by atoms with Crippen molar-refractivity contribution < 1.29 is 47.5 Å². The van der Waals surface area contributed by atoms with Crippen molar-refractivity contribution in [2.45, 2.75) is 165 Å². The average Bonchev–Trinajstić information content (AvgIpc) is 3.42. The van der Waals surface area contributed by atoms with Gasteiger partial charge in [-0.1, -0.05) is 27.7 Å². The van der Waals surface area contributed by atoms with E-state index in [0.717, 1.165) is 57.8 Å². The Labute approximate surface area is 282 Å². The van der Waals surface area contributed by atoms with E-state index >= 15 is 0 Å². The molecule has 10 aliphatic rings. The van der Waals surface area contributed by atoms with Crippen LogP contribution in [0.5, 0.6) is 0 Å².